The van der Waals surface area contributed by atoms with Crippen molar-refractivity contribution in [2.45, 2.75) is 18.9 Å². The van der Waals surface area contributed by atoms with Gasteiger partial charge in [-0.25, -0.2) is 0 Å². The molecule has 2 unspecified atom stereocenters. The summed E-state index contributed by atoms with van der Waals surface area (Å²) in [6.07, 6.45) is 4.44. The Labute approximate surface area is 116 Å². The molecule has 1 aromatic heterocycles. The molecule has 1 saturated heterocycles. The van der Waals surface area contributed by atoms with Gasteiger partial charge in [0, 0.05) is 13.1 Å². The second-order valence-corrected chi connectivity index (χ2v) is 5.92. The molecule has 1 aliphatic rings. The third kappa shape index (κ3) is 4.34. The summed E-state index contributed by atoms with van der Waals surface area (Å²) in [5, 5.41) is 3.62. The normalized spacial score (nSPS) is 22.8. The van der Waals surface area contributed by atoms with E-state index in [1.54, 1.807) is 6.26 Å². The van der Waals surface area contributed by atoms with Crippen molar-refractivity contribution in [3.8, 4) is 0 Å². The van der Waals surface area contributed by atoms with E-state index in [0.29, 0.717) is 6.04 Å². The zero-order chi connectivity index (χ0) is 13.7. The van der Waals surface area contributed by atoms with Gasteiger partial charge in [-0.3, -0.25) is 4.90 Å². The van der Waals surface area contributed by atoms with E-state index < -0.39 is 0 Å². The topological polar surface area (TPSA) is 31.6 Å². The predicted molar refractivity (Wildman–Crippen MR) is 78.2 cm³/mol. The lowest BCUT2D eigenvalue weighted by molar-refractivity contribution is 0.197. The molecule has 0 radical (unpaired) electrons. The first-order chi connectivity index (χ1) is 9.16. The van der Waals surface area contributed by atoms with E-state index in [4.69, 9.17) is 4.42 Å². The minimum Gasteiger partial charge on any atom is -0.468 e. The Morgan fingerprint density at radius 1 is 1.53 bits per heavy atom. The Hall–Kier alpha value is -0.840. The maximum absolute atomic E-state index is 5.53. The van der Waals surface area contributed by atoms with Gasteiger partial charge in [-0.15, -0.1) is 0 Å². The van der Waals surface area contributed by atoms with Gasteiger partial charge in [0.2, 0.25) is 0 Å². The fourth-order valence-electron chi connectivity index (χ4n) is 2.88. The van der Waals surface area contributed by atoms with E-state index in [2.05, 4.69) is 42.3 Å². The molecule has 108 valence electrons. The van der Waals surface area contributed by atoms with Gasteiger partial charge in [0.05, 0.1) is 12.3 Å². The van der Waals surface area contributed by atoms with Crippen molar-refractivity contribution < 1.29 is 4.42 Å². The van der Waals surface area contributed by atoms with Gasteiger partial charge in [-0.05, 0) is 65.1 Å². The predicted octanol–water partition coefficient (Wildman–Crippen LogP) is 1.81. The average Bonchev–Trinajstić information content (AvgIpc) is 2.88. The lowest BCUT2D eigenvalue weighted by Gasteiger charge is -2.30. The molecular formula is C15H27N3O. The molecule has 0 spiro atoms. The number of rotatable bonds is 6. The van der Waals surface area contributed by atoms with Gasteiger partial charge in [0.15, 0.2) is 0 Å². The molecule has 0 aliphatic carbocycles. The smallest absolute Gasteiger partial charge is 0.122 e. The molecule has 1 fully saturated rings. The molecule has 1 aliphatic heterocycles. The SMILES string of the molecule is CN1CCCC(CNCC(c2ccco2)N(C)C)C1. The van der Waals surface area contributed by atoms with Crippen molar-refractivity contribution in [2.24, 2.45) is 5.92 Å². The summed E-state index contributed by atoms with van der Waals surface area (Å²) in [7, 11) is 6.42. The Morgan fingerprint density at radius 3 is 3.00 bits per heavy atom. The van der Waals surface area contributed by atoms with Crippen LogP contribution in [-0.2, 0) is 0 Å². The van der Waals surface area contributed by atoms with Gasteiger partial charge < -0.3 is 14.6 Å². The van der Waals surface area contributed by atoms with E-state index in [1.807, 2.05) is 6.07 Å². The number of furan rings is 1. The largest absolute Gasteiger partial charge is 0.468 e. The number of hydrogen-bond acceptors (Lipinski definition) is 4. The second kappa shape index (κ2) is 7.08. The van der Waals surface area contributed by atoms with Crippen LogP contribution in [0.4, 0.5) is 0 Å². The minimum atomic E-state index is 0.316. The van der Waals surface area contributed by atoms with Gasteiger partial charge in [-0.1, -0.05) is 0 Å². The summed E-state index contributed by atoms with van der Waals surface area (Å²) in [6, 6.07) is 4.33. The van der Waals surface area contributed by atoms with E-state index in [-0.39, 0.29) is 0 Å². The molecule has 4 nitrogen and oxygen atoms in total. The molecule has 0 aromatic carbocycles. The van der Waals surface area contributed by atoms with Crippen molar-refractivity contribution >= 4 is 0 Å². The Balaban J connectivity index is 1.76. The third-order valence-electron chi connectivity index (χ3n) is 3.99. The van der Waals surface area contributed by atoms with Crippen LogP contribution in [0, 0.1) is 5.92 Å². The number of piperidine rings is 1. The molecule has 4 heteroatoms. The fraction of sp³-hybridized carbons (Fsp3) is 0.733. The maximum Gasteiger partial charge on any atom is 0.122 e. The van der Waals surface area contributed by atoms with Crippen LogP contribution in [0.25, 0.3) is 0 Å². The summed E-state index contributed by atoms with van der Waals surface area (Å²) in [4.78, 5) is 4.64. The maximum atomic E-state index is 5.53. The van der Waals surface area contributed by atoms with E-state index in [0.717, 1.165) is 24.8 Å². The molecular weight excluding hydrogens is 238 g/mol. The van der Waals surface area contributed by atoms with Crippen molar-refractivity contribution in [3.05, 3.63) is 24.2 Å². The molecule has 0 saturated carbocycles. The van der Waals surface area contributed by atoms with Crippen molar-refractivity contribution in [3.63, 3.8) is 0 Å². The van der Waals surface area contributed by atoms with E-state index >= 15 is 0 Å². The van der Waals surface area contributed by atoms with Gasteiger partial charge in [-0.2, -0.15) is 0 Å². The molecule has 19 heavy (non-hydrogen) atoms. The van der Waals surface area contributed by atoms with Crippen LogP contribution in [-0.4, -0.2) is 57.1 Å². The van der Waals surface area contributed by atoms with Crippen LogP contribution in [0.3, 0.4) is 0 Å². The van der Waals surface area contributed by atoms with Crippen LogP contribution in [0.5, 0.6) is 0 Å². The zero-order valence-corrected chi connectivity index (χ0v) is 12.4. The Bertz CT molecular complexity index is 350. The highest BCUT2D eigenvalue weighted by Crippen LogP contribution is 2.18. The quantitative estimate of drug-likeness (QED) is 0.850. The summed E-state index contributed by atoms with van der Waals surface area (Å²) in [6.45, 7) is 4.53. The monoisotopic (exact) mass is 265 g/mol. The third-order valence-corrected chi connectivity index (χ3v) is 3.99. The summed E-state index contributed by atoms with van der Waals surface area (Å²) >= 11 is 0. The van der Waals surface area contributed by atoms with Gasteiger partial charge in [0.25, 0.3) is 0 Å². The first-order valence-electron chi connectivity index (χ1n) is 7.26. The molecule has 1 N–H and O–H groups in total. The number of likely N-dealkylation sites (N-methyl/N-ethyl adjacent to an activating group) is 1. The van der Waals surface area contributed by atoms with Crippen molar-refractivity contribution in [1.29, 1.82) is 0 Å². The highest BCUT2D eigenvalue weighted by Gasteiger charge is 2.19. The van der Waals surface area contributed by atoms with Gasteiger partial charge in [0.1, 0.15) is 5.76 Å². The van der Waals surface area contributed by atoms with Gasteiger partial charge >= 0.3 is 0 Å². The average molecular weight is 265 g/mol. The number of nitrogens with zero attached hydrogens (tertiary/aromatic N) is 2. The summed E-state index contributed by atoms with van der Waals surface area (Å²) in [5.74, 6) is 1.83. The minimum absolute atomic E-state index is 0.316. The van der Waals surface area contributed by atoms with E-state index in [9.17, 15) is 0 Å². The molecule has 2 heterocycles. The summed E-state index contributed by atoms with van der Waals surface area (Å²) in [5.41, 5.74) is 0. The van der Waals surface area contributed by atoms with Crippen molar-refractivity contribution in [1.82, 2.24) is 15.1 Å². The van der Waals surface area contributed by atoms with Crippen LogP contribution in [0.15, 0.2) is 22.8 Å². The lowest BCUT2D eigenvalue weighted by Crippen LogP contribution is -2.39. The first kappa shape index (κ1) is 14.6. The summed E-state index contributed by atoms with van der Waals surface area (Å²) < 4.78 is 5.53. The van der Waals surface area contributed by atoms with E-state index in [1.165, 1.54) is 25.9 Å². The lowest BCUT2D eigenvalue weighted by atomic mass is 9.98. The van der Waals surface area contributed by atoms with Crippen LogP contribution < -0.4 is 5.32 Å². The second-order valence-electron chi connectivity index (χ2n) is 5.92. The van der Waals surface area contributed by atoms with Crippen LogP contribution in [0.2, 0.25) is 0 Å². The molecule has 0 bridgehead atoms. The van der Waals surface area contributed by atoms with Crippen LogP contribution in [0.1, 0.15) is 24.6 Å². The molecule has 1 aromatic rings. The molecule has 2 atom stereocenters. The molecule has 2 rings (SSSR count). The number of hydrogen-bond donors (Lipinski definition) is 1. The highest BCUT2D eigenvalue weighted by atomic mass is 16.3. The molecule has 0 amide bonds. The highest BCUT2D eigenvalue weighted by molar-refractivity contribution is 5.05. The Morgan fingerprint density at radius 2 is 2.37 bits per heavy atom. The fourth-order valence-corrected chi connectivity index (χ4v) is 2.88. The number of likely N-dealkylation sites (tertiary alicyclic amines) is 1. The zero-order valence-electron chi connectivity index (χ0n) is 12.4. The van der Waals surface area contributed by atoms with Crippen molar-refractivity contribution in [2.75, 3.05) is 47.3 Å². The Kier molecular flexibility index (Phi) is 5.43. The first-order valence-corrected chi connectivity index (χ1v) is 7.26. The standard InChI is InChI=1S/C15H27N3O/c1-17(2)14(15-7-5-9-19-15)11-16-10-13-6-4-8-18(3)12-13/h5,7,9,13-14,16H,4,6,8,10-12H2,1-3H3. The number of nitrogens with one attached hydrogen (secondary N) is 1. The van der Waals surface area contributed by atoms with Crippen LogP contribution >= 0.6 is 0 Å².